The number of hydrogen-bond acceptors (Lipinski definition) is 4. The Morgan fingerprint density at radius 3 is 2.21 bits per heavy atom. The summed E-state index contributed by atoms with van der Waals surface area (Å²) in [6.07, 6.45) is 0.301. The number of rotatable bonds is 5. The average Bonchev–Trinajstić information content (AvgIpc) is 2.57. The predicted molar refractivity (Wildman–Crippen MR) is 50.3 cm³/mol. The molecule has 0 unspecified atom stereocenters. The zero-order valence-corrected chi connectivity index (χ0v) is 8.60. The number of hydrogen-bond donors (Lipinski definition) is 1. The Morgan fingerprint density at radius 2 is 1.86 bits per heavy atom. The monoisotopic (exact) mass is 203 g/mol. The van der Waals surface area contributed by atoms with Crippen molar-refractivity contribution in [1.29, 1.82) is 0 Å². The minimum Gasteiger partial charge on any atom is -0.481 e. The van der Waals surface area contributed by atoms with Gasteiger partial charge >= 0.3 is 5.97 Å². The zero-order valence-electron chi connectivity index (χ0n) is 8.60. The second kappa shape index (κ2) is 5.29. The van der Waals surface area contributed by atoms with Crippen molar-refractivity contribution in [2.45, 2.75) is 18.6 Å². The number of aliphatic carboxylic acids is 1. The summed E-state index contributed by atoms with van der Waals surface area (Å²) in [5.41, 5.74) is 0. The standard InChI is InChI=1S/C9H17NO4/c1-13-7-5-10(4-3-9(11)12)6-8(7)14-2/h7-8H,3-6H2,1-2H3,(H,11,12)/t7-,8-/m0/s1. The molecule has 0 amide bonds. The van der Waals surface area contributed by atoms with E-state index in [9.17, 15) is 4.79 Å². The van der Waals surface area contributed by atoms with Crippen LogP contribution in [0.3, 0.4) is 0 Å². The van der Waals surface area contributed by atoms with E-state index >= 15 is 0 Å². The SMILES string of the molecule is CO[C@H]1CN(CCC(=O)O)C[C@@H]1OC. The topological polar surface area (TPSA) is 59.0 Å². The first-order valence-corrected chi connectivity index (χ1v) is 4.67. The van der Waals surface area contributed by atoms with Crippen LogP contribution < -0.4 is 0 Å². The number of likely N-dealkylation sites (tertiary alicyclic amines) is 1. The van der Waals surface area contributed by atoms with Gasteiger partial charge in [0, 0.05) is 33.9 Å². The quantitative estimate of drug-likeness (QED) is 0.671. The molecule has 0 bridgehead atoms. The number of methoxy groups -OCH3 is 2. The van der Waals surface area contributed by atoms with Crippen LogP contribution in [0.5, 0.6) is 0 Å². The molecular weight excluding hydrogens is 186 g/mol. The zero-order chi connectivity index (χ0) is 10.6. The molecule has 0 spiro atoms. The van der Waals surface area contributed by atoms with Gasteiger partial charge in [0.15, 0.2) is 0 Å². The van der Waals surface area contributed by atoms with Gasteiger partial charge < -0.3 is 14.6 Å². The number of nitrogens with zero attached hydrogens (tertiary/aromatic N) is 1. The number of carbonyl (C=O) groups is 1. The molecule has 0 aromatic rings. The highest BCUT2D eigenvalue weighted by molar-refractivity contribution is 5.66. The summed E-state index contributed by atoms with van der Waals surface area (Å²) >= 11 is 0. The lowest BCUT2D eigenvalue weighted by molar-refractivity contribution is -0.137. The first-order valence-electron chi connectivity index (χ1n) is 4.67. The van der Waals surface area contributed by atoms with Gasteiger partial charge in [0.2, 0.25) is 0 Å². The van der Waals surface area contributed by atoms with Crippen LogP contribution in [0.15, 0.2) is 0 Å². The van der Waals surface area contributed by atoms with Gasteiger partial charge in [-0.1, -0.05) is 0 Å². The largest absolute Gasteiger partial charge is 0.481 e. The summed E-state index contributed by atoms with van der Waals surface area (Å²) < 4.78 is 10.5. The molecule has 1 aliphatic rings. The maximum Gasteiger partial charge on any atom is 0.304 e. The lowest BCUT2D eigenvalue weighted by Gasteiger charge is -2.13. The lowest BCUT2D eigenvalue weighted by Crippen LogP contribution is -2.27. The first-order chi connectivity index (χ1) is 6.67. The van der Waals surface area contributed by atoms with Crippen molar-refractivity contribution in [2.75, 3.05) is 33.9 Å². The molecule has 82 valence electrons. The van der Waals surface area contributed by atoms with Crippen molar-refractivity contribution in [1.82, 2.24) is 4.90 Å². The molecule has 1 fully saturated rings. The normalized spacial score (nSPS) is 28.1. The molecule has 14 heavy (non-hydrogen) atoms. The van der Waals surface area contributed by atoms with Gasteiger partial charge in [0.1, 0.15) is 0 Å². The Hall–Kier alpha value is -0.650. The van der Waals surface area contributed by atoms with E-state index in [2.05, 4.69) is 4.90 Å². The van der Waals surface area contributed by atoms with Crippen LogP contribution in [-0.4, -0.2) is 62.0 Å². The van der Waals surface area contributed by atoms with Gasteiger partial charge in [0.05, 0.1) is 18.6 Å². The highest BCUT2D eigenvalue weighted by atomic mass is 16.5. The van der Waals surface area contributed by atoms with Crippen LogP contribution >= 0.6 is 0 Å². The fourth-order valence-electron chi connectivity index (χ4n) is 1.71. The highest BCUT2D eigenvalue weighted by Gasteiger charge is 2.32. The van der Waals surface area contributed by atoms with Crippen LogP contribution in [0.2, 0.25) is 0 Å². The van der Waals surface area contributed by atoms with E-state index in [0.717, 1.165) is 13.1 Å². The second-order valence-electron chi connectivity index (χ2n) is 3.45. The molecule has 1 aliphatic heterocycles. The fraction of sp³-hybridized carbons (Fsp3) is 0.889. The molecule has 0 aromatic carbocycles. The minimum absolute atomic E-state index is 0.0637. The molecule has 5 nitrogen and oxygen atoms in total. The van der Waals surface area contributed by atoms with Crippen molar-refractivity contribution in [3.05, 3.63) is 0 Å². The smallest absolute Gasteiger partial charge is 0.304 e. The highest BCUT2D eigenvalue weighted by Crippen LogP contribution is 2.15. The van der Waals surface area contributed by atoms with Gasteiger partial charge in [0.25, 0.3) is 0 Å². The van der Waals surface area contributed by atoms with Gasteiger partial charge in [-0.3, -0.25) is 9.69 Å². The van der Waals surface area contributed by atoms with Crippen LogP contribution in [0, 0.1) is 0 Å². The molecule has 0 aliphatic carbocycles. The molecule has 5 heteroatoms. The summed E-state index contributed by atoms with van der Waals surface area (Å²) in [5, 5.41) is 8.53. The lowest BCUT2D eigenvalue weighted by atomic mass is 10.3. The molecule has 1 rings (SSSR count). The molecule has 2 atom stereocenters. The molecule has 0 aromatic heterocycles. The van der Waals surface area contributed by atoms with E-state index in [4.69, 9.17) is 14.6 Å². The first kappa shape index (κ1) is 11.4. The Morgan fingerprint density at radius 1 is 1.36 bits per heavy atom. The van der Waals surface area contributed by atoms with Gasteiger partial charge in [-0.15, -0.1) is 0 Å². The fourth-order valence-corrected chi connectivity index (χ4v) is 1.71. The van der Waals surface area contributed by atoms with Gasteiger partial charge in [-0.05, 0) is 0 Å². The molecule has 1 N–H and O–H groups in total. The van der Waals surface area contributed by atoms with Crippen LogP contribution in [-0.2, 0) is 14.3 Å². The maximum absolute atomic E-state index is 10.4. The second-order valence-corrected chi connectivity index (χ2v) is 3.45. The Labute approximate surface area is 83.6 Å². The third kappa shape index (κ3) is 2.94. The molecule has 0 radical (unpaired) electrons. The number of ether oxygens (including phenoxy) is 2. The van der Waals surface area contributed by atoms with E-state index in [1.807, 2.05) is 0 Å². The van der Waals surface area contributed by atoms with E-state index in [1.165, 1.54) is 0 Å². The van der Waals surface area contributed by atoms with Crippen molar-refractivity contribution in [3.8, 4) is 0 Å². The summed E-state index contributed by atoms with van der Waals surface area (Å²) in [5.74, 6) is -0.764. The summed E-state index contributed by atoms with van der Waals surface area (Å²) in [4.78, 5) is 12.4. The van der Waals surface area contributed by atoms with E-state index in [-0.39, 0.29) is 18.6 Å². The molecule has 1 heterocycles. The summed E-state index contributed by atoms with van der Waals surface area (Å²) in [7, 11) is 3.30. The van der Waals surface area contributed by atoms with E-state index in [0.29, 0.717) is 6.54 Å². The summed E-state index contributed by atoms with van der Waals surface area (Å²) in [6, 6.07) is 0. The van der Waals surface area contributed by atoms with Crippen molar-refractivity contribution < 1.29 is 19.4 Å². The minimum atomic E-state index is -0.764. The predicted octanol–water partition coefficient (Wildman–Crippen LogP) is -0.193. The van der Waals surface area contributed by atoms with Gasteiger partial charge in [-0.25, -0.2) is 0 Å². The van der Waals surface area contributed by atoms with Crippen LogP contribution in [0.25, 0.3) is 0 Å². The Bertz CT molecular complexity index is 185. The Balaban J connectivity index is 2.33. The number of carboxylic acid groups (broad SMARTS) is 1. The van der Waals surface area contributed by atoms with Crippen LogP contribution in [0.1, 0.15) is 6.42 Å². The third-order valence-electron chi connectivity index (χ3n) is 2.54. The van der Waals surface area contributed by atoms with Gasteiger partial charge in [-0.2, -0.15) is 0 Å². The maximum atomic E-state index is 10.4. The molecular formula is C9H17NO4. The molecule has 0 saturated carbocycles. The molecule has 1 saturated heterocycles. The van der Waals surface area contributed by atoms with E-state index < -0.39 is 5.97 Å². The van der Waals surface area contributed by atoms with Crippen molar-refractivity contribution in [3.63, 3.8) is 0 Å². The Kier molecular flexibility index (Phi) is 4.31. The van der Waals surface area contributed by atoms with Crippen LogP contribution in [0.4, 0.5) is 0 Å². The number of carboxylic acids is 1. The average molecular weight is 203 g/mol. The third-order valence-corrected chi connectivity index (χ3v) is 2.54. The van der Waals surface area contributed by atoms with Crippen molar-refractivity contribution >= 4 is 5.97 Å². The van der Waals surface area contributed by atoms with Crippen molar-refractivity contribution in [2.24, 2.45) is 0 Å². The summed E-state index contributed by atoms with van der Waals surface area (Å²) in [6.45, 7) is 2.07. The van der Waals surface area contributed by atoms with E-state index in [1.54, 1.807) is 14.2 Å².